The highest BCUT2D eigenvalue weighted by Gasteiger charge is 2.55. The van der Waals surface area contributed by atoms with Crippen LogP contribution in [-0.4, -0.2) is 53.4 Å². The van der Waals surface area contributed by atoms with Crippen molar-refractivity contribution >= 4 is 26.7 Å². The molecule has 0 unspecified atom stereocenters. The SMILES string of the molecule is COC1(C)CC(c2cccc(CCC(=O)O)c2)(c2cnc(-c3cc(Oc4c(F)cc5[nH]ccc5c4S(C)(=O)=O)ccc3F)[nH]2)C1. The number of rotatable bonds is 10. The molecule has 2 aromatic heterocycles. The lowest BCUT2D eigenvalue weighted by atomic mass is 9.55. The number of methoxy groups -OCH3 is 1. The first-order valence-corrected chi connectivity index (χ1v) is 16.1. The zero-order valence-corrected chi connectivity index (χ0v) is 25.6. The van der Waals surface area contributed by atoms with Gasteiger partial charge in [-0.15, -0.1) is 0 Å². The number of aryl methyl sites for hydroxylation is 1. The summed E-state index contributed by atoms with van der Waals surface area (Å²) in [6.45, 7) is 2.01. The van der Waals surface area contributed by atoms with E-state index in [1.165, 1.54) is 24.4 Å². The molecule has 0 radical (unpaired) electrons. The maximum absolute atomic E-state index is 15.3. The molecule has 2 heterocycles. The lowest BCUT2D eigenvalue weighted by Gasteiger charge is -2.53. The molecule has 0 spiro atoms. The van der Waals surface area contributed by atoms with Crippen LogP contribution >= 0.6 is 0 Å². The lowest BCUT2D eigenvalue weighted by Crippen LogP contribution is -2.54. The van der Waals surface area contributed by atoms with Gasteiger partial charge >= 0.3 is 5.97 Å². The molecule has 12 heteroatoms. The van der Waals surface area contributed by atoms with E-state index < -0.39 is 44.2 Å². The number of H-pyrrole nitrogens is 2. The van der Waals surface area contributed by atoms with Crippen molar-refractivity contribution in [1.82, 2.24) is 15.0 Å². The van der Waals surface area contributed by atoms with Gasteiger partial charge in [0.25, 0.3) is 0 Å². The summed E-state index contributed by atoms with van der Waals surface area (Å²) in [5, 5.41) is 9.43. The van der Waals surface area contributed by atoms with Crippen LogP contribution in [0.4, 0.5) is 8.78 Å². The molecule has 1 fully saturated rings. The van der Waals surface area contributed by atoms with Crippen LogP contribution < -0.4 is 4.74 Å². The van der Waals surface area contributed by atoms with Crippen LogP contribution in [-0.2, 0) is 31.2 Å². The Morgan fingerprint density at radius 1 is 1.09 bits per heavy atom. The highest BCUT2D eigenvalue weighted by molar-refractivity contribution is 7.91. The number of aromatic nitrogens is 3. The third kappa shape index (κ3) is 5.59. The van der Waals surface area contributed by atoms with Gasteiger partial charge in [-0.25, -0.2) is 22.2 Å². The third-order valence-corrected chi connectivity index (χ3v) is 9.69. The molecule has 0 aliphatic heterocycles. The number of hydrogen-bond acceptors (Lipinski definition) is 6. The highest BCUT2D eigenvalue weighted by Crippen LogP contribution is 2.55. The van der Waals surface area contributed by atoms with Gasteiger partial charge in [0.15, 0.2) is 21.4 Å². The summed E-state index contributed by atoms with van der Waals surface area (Å²) in [7, 11) is -2.27. The molecule has 1 aliphatic rings. The van der Waals surface area contributed by atoms with E-state index in [1.807, 2.05) is 31.2 Å². The lowest BCUT2D eigenvalue weighted by molar-refractivity contribution is -0.136. The first-order chi connectivity index (χ1) is 21.3. The molecule has 1 aliphatic carbocycles. The van der Waals surface area contributed by atoms with Gasteiger partial charge < -0.3 is 24.5 Å². The molecule has 3 aromatic carbocycles. The molecule has 1 saturated carbocycles. The Labute approximate surface area is 258 Å². The number of sulfone groups is 1. The van der Waals surface area contributed by atoms with Gasteiger partial charge in [0.1, 0.15) is 22.3 Å². The van der Waals surface area contributed by atoms with Crippen LogP contribution in [0, 0.1) is 11.6 Å². The minimum Gasteiger partial charge on any atom is -0.481 e. The maximum Gasteiger partial charge on any atom is 0.303 e. The largest absolute Gasteiger partial charge is 0.481 e. The van der Waals surface area contributed by atoms with E-state index in [9.17, 15) is 13.2 Å². The van der Waals surface area contributed by atoms with Crippen LogP contribution in [0.25, 0.3) is 22.3 Å². The van der Waals surface area contributed by atoms with E-state index in [4.69, 9.17) is 14.6 Å². The molecule has 0 atom stereocenters. The van der Waals surface area contributed by atoms with E-state index in [-0.39, 0.29) is 33.8 Å². The predicted octanol–water partition coefficient (Wildman–Crippen LogP) is 6.53. The molecule has 234 valence electrons. The van der Waals surface area contributed by atoms with Crippen molar-refractivity contribution in [2.75, 3.05) is 13.4 Å². The molecule has 0 bridgehead atoms. The Morgan fingerprint density at radius 3 is 2.58 bits per heavy atom. The fourth-order valence-corrected chi connectivity index (χ4v) is 7.40. The number of benzene rings is 3. The molecular formula is C33H31F2N3O6S. The topological polar surface area (TPSA) is 134 Å². The highest BCUT2D eigenvalue weighted by atomic mass is 32.2. The molecule has 5 aromatic rings. The Bertz CT molecular complexity index is 2050. The van der Waals surface area contributed by atoms with Crippen LogP contribution in [0.5, 0.6) is 11.5 Å². The maximum atomic E-state index is 15.3. The average molecular weight is 636 g/mol. The minimum absolute atomic E-state index is 0.00671. The van der Waals surface area contributed by atoms with E-state index in [2.05, 4.69) is 15.0 Å². The van der Waals surface area contributed by atoms with Gasteiger partial charge in [0.2, 0.25) is 0 Å². The van der Waals surface area contributed by atoms with Crippen molar-refractivity contribution in [2.45, 2.75) is 48.5 Å². The van der Waals surface area contributed by atoms with Gasteiger partial charge in [0, 0.05) is 60.3 Å². The average Bonchev–Trinajstić information content (AvgIpc) is 3.65. The van der Waals surface area contributed by atoms with Crippen molar-refractivity contribution < 1.29 is 36.6 Å². The Morgan fingerprint density at radius 2 is 1.87 bits per heavy atom. The number of imidazole rings is 1. The molecule has 0 saturated heterocycles. The van der Waals surface area contributed by atoms with Crippen LogP contribution in [0.2, 0.25) is 0 Å². The predicted molar refractivity (Wildman–Crippen MR) is 163 cm³/mol. The van der Waals surface area contributed by atoms with Gasteiger partial charge in [-0.2, -0.15) is 0 Å². The number of carbonyl (C=O) groups is 1. The summed E-state index contributed by atoms with van der Waals surface area (Å²) < 4.78 is 67.4. The summed E-state index contributed by atoms with van der Waals surface area (Å²) in [5.74, 6) is -2.66. The number of nitrogens with zero attached hydrogens (tertiary/aromatic N) is 1. The zero-order chi connectivity index (χ0) is 32.1. The number of carboxylic acid groups (broad SMARTS) is 1. The van der Waals surface area contributed by atoms with E-state index in [0.717, 1.165) is 35.2 Å². The van der Waals surface area contributed by atoms with E-state index >= 15 is 8.78 Å². The smallest absolute Gasteiger partial charge is 0.303 e. The number of carboxylic acids is 1. The van der Waals surface area contributed by atoms with Gasteiger partial charge in [-0.1, -0.05) is 24.3 Å². The fraction of sp³-hybridized carbons (Fsp3) is 0.273. The fourth-order valence-electron chi connectivity index (χ4n) is 6.35. The summed E-state index contributed by atoms with van der Waals surface area (Å²) in [4.78, 5) is 21.4. The normalized spacial score (nSPS) is 19.8. The van der Waals surface area contributed by atoms with Crippen molar-refractivity contribution in [3.8, 4) is 22.9 Å². The summed E-state index contributed by atoms with van der Waals surface area (Å²) >= 11 is 0. The number of ether oxygens (including phenoxy) is 2. The zero-order valence-electron chi connectivity index (χ0n) is 24.8. The number of halogens is 2. The van der Waals surface area contributed by atoms with E-state index in [1.54, 1.807) is 13.3 Å². The molecule has 9 nitrogen and oxygen atoms in total. The molecule has 3 N–H and O–H groups in total. The Kier molecular flexibility index (Phi) is 7.52. The van der Waals surface area contributed by atoms with Crippen molar-refractivity contribution in [2.24, 2.45) is 0 Å². The summed E-state index contributed by atoms with van der Waals surface area (Å²) in [6.07, 6.45) is 5.70. The Balaban J connectivity index is 1.37. The second kappa shape index (κ2) is 11.1. The number of aromatic amines is 2. The van der Waals surface area contributed by atoms with Gasteiger partial charge in [-0.05, 0) is 61.6 Å². The quantitative estimate of drug-likeness (QED) is 0.159. The summed E-state index contributed by atoms with van der Waals surface area (Å²) in [6, 6.07) is 14.2. The molecule has 45 heavy (non-hydrogen) atoms. The summed E-state index contributed by atoms with van der Waals surface area (Å²) in [5.41, 5.74) is 1.93. The third-order valence-electron chi connectivity index (χ3n) is 8.54. The van der Waals surface area contributed by atoms with Crippen LogP contribution in [0.1, 0.15) is 43.0 Å². The first kappa shape index (κ1) is 30.5. The standard InChI is InChI=1S/C33H31F2N3O6S/c1-32(43-2)17-33(18-32,20-6-4-5-19(13-20)7-10-28(39)40)27-16-37-31(38-27)23-14-21(8-9-24(23)34)44-29-25(35)15-26-22(11-12-36-26)30(29)45(3,41)42/h4-6,8-9,11-16,36H,7,10,17-18H2,1-3H3,(H,37,38)(H,39,40). The van der Waals surface area contributed by atoms with Crippen molar-refractivity contribution in [3.05, 3.63) is 95.4 Å². The van der Waals surface area contributed by atoms with Crippen molar-refractivity contribution in [3.63, 3.8) is 0 Å². The van der Waals surface area contributed by atoms with Crippen LogP contribution in [0.15, 0.2) is 71.9 Å². The number of aliphatic carboxylic acids is 1. The number of hydrogen-bond donors (Lipinski definition) is 3. The second-order valence-corrected chi connectivity index (χ2v) is 13.8. The van der Waals surface area contributed by atoms with Crippen LogP contribution in [0.3, 0.4) is 0 Å². The second-order valence-electron chi connectivity index (χ2n) is 11.8. The molecule has 6 rings (SSSR count). The Hall–Kier alpha value is -4.55. The molecule has 0 amide bonds. The van der Waals surface area contributed by atoms with Crippen molar-refractivity contribution in [1.29, 1.82) is 0 Å². The number of fused-ring (bicyclic) bond motifs is 1. The van der Waals surface area contributed by atoms with Gasteiger partial charge in [0.05, 0.1) is 11.2 Å². The number of nitrogens with one attached hydrogen (secondary N) is 2. The van der Waals surface area contributed by atoms with E-state index in [0.29, 0.717) is 24.8 Å². The first-order valence-electron chi connectivity index (χ1n) is 14.2. The monoisotopic (exact) mass is 635 g/mol. The molecular weight excluding hydrogens is 604 g/mol. The minimum atomic E-state index is -3.92. The van der Waals surface area contributed by atoms with Gasteiger partial charge in [-0.3, -0.25) is 4.79 Å².